The summed E-state index contributed by atoms with van der Waals surface area (Å²) in [5.41, 5.74) is 0. The Labute approximate surface area is 105 Å². The molecule has 6 nitrogen and oxygen atoms in total. The van der Waals surface area contributed by atoms with Crippen molar-refractivity contribution in [3.63, 3.8) is 0 Å². The van der Waals surface area contributed by atoms with Crippen LogP contribution in [0.25, 0.3) is 0 Å². The van der Waals surface area contributed by atoms with E-state index in [0.717, 1.165) is 0 Å². The molecule has 0 rings (SSSR count). The van der Waals surface area contributed by atoms with Gasteiger partial charge in [0.05, 0.1) is 0 Å². The third-order valence-corrected chi connectivity index (χ3v) is 0.167. The van der Waals surface area contributed by atoms with Gasteiger partial charge in [0.2, 0.25) is 0 Å². The first-order valence-corrected chi connectivity index (χ1v) is 2.13. The summed E-state index contributed by atoms with van der Waals surface area (Å²) in [6.45, 7) is 27.6. The van der Waals surface area contributed by atoms with Gasteiger partial charge in [-0.25, -0.2) is 0 Å². The van der Waals surface area contributed by atoms with Crippen LogP contribution in [0.15, 0.2) is 0 Å². The van der Waals surface area contributed by atoms with Gasteiger partial charge >= 0.3 is 0 Å². The van der Waals surface area contributed by atoms with Gasteiger partial charge in [-0.2, -0.15) is 0 Å². The molecule has 0 aliphatic carbocycles. The maximum absolute atomic E-state index is 7.50. The molecule has 0 N–H and O–H groups in total. The fourth-order valence-corrected chi connectivity index (χ4v) is 0. The Balaban J connectivity index is -0.0000000105. The molecule has 0 atom stereocenters. The Morgan fingerprint density at radius 3 is 0.867 bits per heavy atom. The number of carbonyl (C=O) groups excluding carboxylic acids is 5. The Hall–Kier alpha value is -1.00. The van der Waals surface area contributed by atoms with Gasteiger partial charge < -0.3 is 4.74 Å². The van der Waals surface area contributed by atoms with E-state index in [9.17, 15) is 0 Å². The molecule has 0 aromatic rings. The van der Waals surface area contributed by atoms with Crippen LogP contribution in [0, 0.1) is 6.92 Å². The zero-order chi connectivity index (χ0) is 13.4. The summed E-state index contributed by atoms with van der Waals surface area (Å²) in [5, 5.41) is 0. The van der Waals surface area contributed by atoms with Crippen LogP contribution in [0.1, 0.15) is 0 Å². The molecule has 0 heterocycles. The average molecular weight is 294 g/mol. The molecular formula is C8H6MoO6. The standard InChI is InChI=1S/C3H6O.5CO.Mo/c1-3-4-2;5*1-2;/h1H,3H2,2H3;;;;;;. The van der Waals surface area contributed by atoms with E-state index in [4.69, 9.17) is 30.9 Å². The van der Waals surface area contributed by atoms with Crippen molar-refractivity contribution in [3.8, 4) is 0 Å². The summed E-state index contributed by atoms with van der Waals surface area (Å²) in [7, 11) is 1.56. The van der Waals surface area contributed by atoms with E-state index >= 15 is 0 Å². The summed E-state index contributed by atoms with van der Waals surface area (Å²) in [5.74, 6) is 0. The minimum atomic E-state index is 0. The van der Waals surface area contributed by atoms with Crippen LogP contribution in [-0.2, 0) is 49.8 Å². The molecule has 0 bridgehead atoms. The molecule has 0 aromatic carbocycles. The normalized spacial score (nSPS) is 3.33. The quantitative estimate of drug-likeness (QED) is 0.538. The number of hydrogen-bond donors (Lipinski definition) is 0. The van der Waals surface area contributed by atoms with E-state index in [1.807, 2.05) is 0 Å². The van der Waals surface area contributed by atoms with Gasteiger partial charge in [0.1, 0.15) is 0 Å². The first-order valence-electron chi connectivity index (χ1n) is 2.13. The molecule has 0 unspecified atom stereocenters. The topological polar surface area (TPSA) is 94.6 Å². The molecular weight excluding hydrogens is 288 g/mol. The maximum Gasteiger partial charge on any atom is 0.281 e. The molecule has 15 heavy (non-hydrogen) atoms. The summed E-state index contributed by atoms with van der Waals surface area (Å²) in [6.07, 6.45) is 0. The smallest absolute Gasteiger partial charge is 0.281 e. The Kier molecular flexibility index (Phi) is 6040. The molecule has 80 valence electrons. The molecule has 0 saturated carbocycles. The maximum atomic E-state index is 7.50. The van der Waals surface area contributed by atoms with Gasteiger partial charge in [0.25, 0.3) is 33.9 Å². The largest absolute Gasteiger partial charge is 0.384 e. The number of ether oxygens (including phenoxy) is 1. The van der Waals surface area contributed by atoms with Crippen LogP contribution in [0.4, 0.5) is 0 Å². The fourth-order valence-electron chi connectivity index (χ4n) is 0. The second kappa shape index (κ2) is 1880. The van der Waals surface area contributed by atoms with Crippen LogP contribution in [0.3, 0.4) is 0 Å². The van der Waals surface area contributed by atoms with Gasteiger partial charge in [0.15, 0.2) is 0 Å². The number of methoxy groups -OCH3 is 1. The SMILES string of the molecule is [CH]COC.[C]=O.[C]=O.[C]=O.[C]=O.[C]=O.[Mo]. The Bertz CT molecular complexity index is 44.8. The van der Waals surface area contributed by atoms with Crippen molar-refractivity contribution in [2.75, 3.05) is 13.7 Å². The van der Waals surface area contributed by atoms with Gasteiger partial charge in [-0.1, -0.05) is 0 Å². The van der Waals surface area contributed by atoms with Crippen molar-refractivity contribution in [3.05, 3.63) is 6.92 Å². The van der Waals surface area contributed by atoms with E-state index in [1.54, 1.807) is 7.11 Å². The third kappa shape index (κ3) is 552000000. The van der Waals surface area contributed by atoms with Crippen molar-refractivity contribution < 1.29 is 49.8 Å². The molecule has 0 aliphatic rings. The Morgan fingerprint density at radius 1 is 0.800 bits per heavy atom. The van der Waals surface area contributed by atoms with Crippen LogP contribution in [-0.4, -0.2) is 47.7 Å². The van der Waals surface area contributed by atoms with Crippen molar-refractivity contribution in [1.82, 2.24) is 0 Å². The van der Waals surface area contributed by atoms with E-state index < -0.39 is 0 Å². The molecule has 0 saturated heterocycles. The van der Waals surface area contributed by atoms with E-state index in [-0.39, 0.29) is 21.1 Å². The van der Waals surface area contributed by atoms with Crippen molar-refractivity contribution in [2.24, 2.45) is 0 Å². The zero-order valence-electron chi connectivity index (χ0n) is 7.64. The van der Waals surface area contributed by atoms with E-state index in [2.05, 4.69) is 38.7 Å². The Morgan fingerprint density at radius 2 is 0.867 bits per heavy atom. The van der Waals surface area contributed by atoms with Crippen LogP contribution in [0.5, 0.6) is 0 Å². The molecule has 0 aromatic heterocycles. The molecule has 0 fully saturated rings. The predicted molar refractivity (Wildman–Crippen MR) is 44.6 cm³/mol. The summed E-state index contributed by atoms with van der Waals surface area (Å²) in [4.78, 5) is 37.5. The monoisotopic (exact) mass is 296 g/mol. The van der Waals surface area contributed by atoms with E-state index in [1.165, 1.54) is 0 Å². The van der Waals surface area contributed by atoms with Gasteiger partial charge in [0, 0.05) is 34.8 Å². The fraction of sp³-hybridized carbons (Fsp3) is 0.250. The first-order chi connectivity index (χ1) is 6.91. The summed E-state index contributed by atoms with van der Waals surface area (Å²) < 4.78 is 4.32. The van der Waals surface area contributed by atoms with Gasteiger partial charge in [-0.15, -0.1) is 0 Å². The van der Waals surface area contributed by atoms with E-state index in [0.29, 0.717) is 6.61 Å². The molecule has 0 aliphatic heterocycles. The van der Waals surface area contributed by atoms with Crippen molar-refractivity contribution in [1.29, 1.82) is 0 Å². The van der Waals surface area contributed by atoms with Crippen molar-refractivity contribution >= 4 is 33.9 Å². The van der Waals surface area contributed by atoms with Gasteiger partial charge in [-0.3, -0.25) is 24.0 Å². The predicted octanol–water partition coefficient (Wildman–Crippen LogP) is -1.64. The van der Waals surface area contributed by atoms with Crippen LogP contribution in [0.2, 0.25) is 0 Å². The number of hydrogen-bond acceptors (Lipinski definition) is 6. The second-order valence-corrected chi connectivity index (χ2v) is 0.455. The first kappa shape index (κ1) is 48.3. The zero-order valence-corrected chi connectivity index (χ0v) is 9.65. The van der Waals surface area contributed by atoms with Crippen LogP contribution >= 0.6 is 0 Å². The summed E-state index contributed by atoms with van der Waals surface area (Å²) >= 11 is 0. The molecule has 7 heteroatoms. The summed E-state index contributed by atoms with van der Waals surface area (Å²) in [6, 6.07) is 0. The minimum absolute atomic E-state index is 0. The molecule has 12 radical (unpaired) electrons. The minimum Gasteiger partial charge on any atom is -0.384 e. The van der Waals surface area contributed by atoms with Crippen LogP contribution < -0.4 is 0 Å². The van der Waals surface area contributed by atoms with Gasteiger partial charge in [-0.05, 0) is 6.92 Å². The average Bonchev–Trinajstić information content (AvgIpc) is 2.41. The third-order valence-electron chi connectivity index (χ3n) is 0.167. The number of rotatable bonds is 1. The second-order valence-electron chi connectivity index (χ2n) is 0.455. The van der Waals surface area contributed by atoms with Crippen molar-refractivity contribution in [2.45, 2.75) is 0 Å². The molecule has 0 amide bonds. The molecule has 0 spiro atoms.